The van der Waals surface area contributed by atoms with Crippen LogP contribution in [0.1, 0.15) is 12.8 Å². The first kappa shape index (κ1) is 22.2. The van der Waals surface area contributed by atoms with Crippen molar-refractivity contribution >= 4 is 38.7 Å². The maximum atomic E-state index is 13.1. The van der Waals surface area contributed by atoms with E-state index in [4.69, 9.17) is 11.6 Å². The minimum atomic E-state index is -4.41. The Balaban J connectivity index is 1.94. The number of nitro groups is 1. The minimum Gasteiger partial charge on any atom is -0.365 e. The zero-order chi connectivity index (χ0) is 22.1. The van der Waals surface area contributed by atoms with Crippen LogP contribution in [0.2, 0.25) is 5.02 Å². The highest BCUT2D eigenvalue weighted by Gasteiger charge is 2.42. The van der Waals surface area contributed by atoms with Crippen molar-refractivity contribution in [2.75, 3.05) is 22.7 Å². The number of hydrogen-bond donors (Lipinski definition) is 1. The third kappa shape index (κ3) is 4.78. The van der Waals surface area contributed by atoms with Gasteiger partial charge in [-0.25, -0.2) is 8.42 Å². The summed E-state index contributed by atoms with van der Waals surface area (Å²) in [5.74, 6) is -1.60. The predicted molar refractivity (Wildman–Crippen MR) is 106 cm³/mol. The third-order valence-corrected chi connectivity index (χ3v) is 6.49. The molecule has 0 spiro atoms. The fourth-order valence-electron chi connectivity index (χ4n) is 3.29. The summed E-state index contributed by atoms with van der Waals surface area (Å²) in [5, 5.41) is 11.7. The molecule has 1 fully saturated rings. The maximum absolute atomic E-state index is 13.1. The van der Waals surface area contributed by atoms with Gasteiger partial charge in [-0.15, -0.1) is 0 Å². The van der Waals surface area contributed by atoms with Gasteiger partial charge in [0.25, 0.3) is 15.7 Å². The maximum Gasteiger partial charge on any atom is 0.393 e. The highest BCUT2D eigenvalue weighted by Crippen LogP contribution is 2.38. The van der Waals surface area contributed by atoms with Gasteiger partial charge in [0.2, 0.25) is 0 Å². The first-order chi connectivity index (χ1) is 14.0. The molecule has 0 amide bonds. The molecule has 1 aliphatic heterocycles. The van der Waals surface area contributed by atoms with Crippen molar-refractivity contribution in [3.05, 3.63) is 57.6 Å². The smallest absolute Gasteiger partial charge is 0.365 e. The van der Waals surface area contributed by atoms with Crippen LogP contribution in [-0.2, 0) is 10.0 Å². The number of sulfonamides is 1. The van der Waals surface area contributed by atoms with Gasteiger partial charge in [0.05, 0.1) is 26.4 Å². The summed E-state index contributed by atoms with van der Waals surface area (Å²) in [5.41, 5.74) is -0.541. The molecule has 162 valence electrons. The van der Waals surface area contributed by atoms with Crippen LogP contribution in [0.4, 0.5) is 30.2 Å². The van der Waals surface area contributed by atoms with E-state index in [-0.39, 0.29) is 35.8 Å². The van der Waals surface area contributed by atoms with E-state index in [2.05, 4.69) is 4.72 Å². The molecule has 0 bridgehead atoms. The molecular weight excluding hydrogens is 447 g/mol. The fourth-order valence-corrected chi connectivity index (χ4v) is 4.63. The summed E-state index contributed by atoms with van der Waals surface area (Å²) in [7, 11) is -4.21. The molecule has 0 aromatic heterocycles. The Labute approximate surface area is 175 Å². The van der Waals surface area contributed by atoms with Crippen molar-refractivity contribution in [3.8, 4) is 0 Å². The summed E-state index contributed by atoms with van der Waals surface area (Å²) in [6, 6.07) is 9.18. The molecule has 2 aromatic carbocycles. The van der Waals surface area contributed by atoms with Crippen LogP contribution >= 0.6 is 11.6 Å². The number of nitrogens with zero attached hydrogens (tertiary/aromatic N) is 2. The predicted octanol–water partition coefficient (Wildman–Crippen LogP) is 4.83. The quantitative estimate of drug-likeness (QED) is 0.506. The van der Waals surface area contributed by atoms with E-state index in [1.807, 2.05) is 0 Å². The van der Waals surface area contributed by atoms with Crippen molar-refractivity contribution in [2.45, 2.75) is 23.9 Å². The van der Waals surface area contributed by atoms with Crippen molar-refractivity contribution in [3.63, 3.8) is 0 Å². The van der Waals surface area contributed by atoms with Crippen LogP contribution in [0.5, 0.6) is 0 Å². The molecule has 1 saturated heterocycles. The van der Waals surface area contributed by atoms with Crippen LogP contribution in [0.25, 0.3) is 0 Å². The number of nitrogens with one attached hydrogen (secondary N) is 1. The molecule has 12 heteroatoms. The lowest BCUT2D eigenvalue weighted by Crippen LogP contribution is -2.42. The minimum absolute atomic E-state index is 0.0503. The normalized spacial score (nSPS) is 17.6. The molecule has 1 N–H and O–H groups in total. The van der Waals surface area contributed by atoms with E-state index in [9.17, 15) is 31.7 Å². The molecule has 0 radical (unpaired) electrons. The van der Waals surface area contributed by atoms with Gasteiger partial charge < -0.3 is 4.90 Å². The third-order valence-electron chi connectivity index (χ3n) is 4.80. The lowest BCUT2D eigenvalue weighted by atomic mass is 9.97. The molecule has 1 aliphatic rings. The topological polar surface area (TPSA) is 92.5 Å². The van der Waals surface area contributed by atoms with Crippen molar-refractivity contribution in [1.82, 2.24) is 0 Å². The number of para-hydroxylation sites is 1. The number of halogens is 4. The molecule has 7 nitrogen and oxygen atoms in total. The summed E-state index contributed by atoms with van der Waals surface area (Å²) >= 11 is 5.94. The summed E-state index contributed by atoms with van der Waals surface area (Å²) in [6.07, 6.45) is -4.24. The van der Waals surface area contributed by atoms with Gasteiger partial charge >= 0.3 is 6.18 Å². The van der Waals surface area contributed by atoms with E-state index in [0.29, 0.717) is 0 Å². The van der Waals surface area contributed by atoms with E-state index in [0.717, 1.165) is 18.2 Å². The Morgan fingerprint density at radius 2 is 1.90 bits per heavy atom. The summed E-state index contributed by atoms with van der Waals surface area (Å²) < 4.78 is 66.8. The van der Waals surface area contributed by atoms with E-state index >= 15 is 0 Å². The second-order valence-corrected chi connectivity index (χ2v) is 8.91. The van der Waals surface area contributed by atoms with Crippen LogP contribution < -0.4 is 9.62 Å². The number of benzene rings is 2. The Bertz CT molecular complexity index is 1060. The molecule has 1 unspecified atom stereocenters. The van der Waals surface area contributed by atoms with Crippen molar-refractivity contribution in [2.24, 2.45) is 5.92 Å². The largest absolute Gasteiger partial charge is 0.393 e. The van der Waals surface area contributed by atoms with Gasteiger partial charge in [0.15, 0.2) is 0 Å². The highest BCUT2D eigenvalue weighted by atomic mass is 35.5. The van der Waals surface area contributed by atoms with Gasteiger partial charge in [-0.1, -0.05) is 23.7 Å². The lowest BCUT2D eigenvalue weighted by Gasteiger charge is -2.35. The fraction of sp³-hybridized carbons (Fsp3) is 0.333. The molecule has 30 heavy (non-hydrogen) atoms. The Morgan fingerprint density at radius 1 is 1.20 bits per heavy atom. The number of piperidine rings is 1. The van der Waals surface area contributed by atoms with E-state index in [1.54, 1.807) is 12.1 Å². The van der Waals surface area contributed by atoms with Crippen molar-refractivity contribution in [1.29, 1.82) is 0 Å². The Morgan fingerprint density at radius 3 is 2.53 bits per heavy atom. The number of nitro benzene ring substituents is 1. The van der Waals surface area contributed by atoms with Gasteiger partial charge in [0, 0.05) is 19.2 Å². The van der Waals surface area contributed by atoms with E-state index in [1.165, 1.54) is 17.0 Å². The number of alkyl halides is 3. The molecule has 0 aliphatic carbocycles. The zero-order valence-electron chi connectivity index (χ0n) is 15.4. The van der Waals surface area contributed by atoms with Crippen LogP contribution in [-0.4, -0.2) is 32.6 Å². The Hall–Kier alpha value is -2.53. The molecule has 3 rings (SSSR count). The van der Waals surface area contributed by atoms with Gasteiger partial charge in [-0.2, -0.15) is 13.2 Å². The number of hydrogen-bond acceptors (Lipinski definition) is 5. The molecule has 2 aromatic rings. The van der Waals surface area contributed by atoms with Crippen LogP contribution in [0.3, 0.4) is 0 Å². The molecule has 0 saturated carbocycles. The summed E-state index contributed by atoms with van der Waals surface area (Å²) in [4.78, 5) is 11.6. The number of rotatable bonds is 5. The lowest BCUT2D eigenvalue weighted by molar-refractivity contribution is -0.384. The van der Waals surface area contributed by atoms with Crippen LogP contribution in [0.15, 0.2) is 47.4 Å². The van der Waals surface area contributed by atoms with E-state index < -0.39 is 44.2 Å². The second kappa shape index (κ2) is 8.31. The SMILES string of the molecule is O=[N+]([O-])c1cc(S(=O)(=O)Nc2ccccc2Cl)ccc1N1CCCC(C(F)(F)F)C1. The first-order valence-corrected chi connectivity index (χ1v) is 10.7. The average Bonchev–Trinajstić information content (AvgIpc) is 2.68. The standard InChI is InChI=1S/C18H17ClF3N3O4S/c19-14-5-1-2-6-15(14)23-30(28,29)13-7-8-16(17(10-13)25(26)27)24-9-3-4-12(11-24)18(20,21)22/h1-2,5-8,10,12,23H,3-4,9,11H2. The molecule has 1 atom stereocenters. The second-order valence-electron chi connectivity index (χ2n) is 6.82. The summed E-state index contributed by atoms with van der Waals surface area (Å²) in [6.45, 7) is -0.217. The van der Waals surface area contributed by atoms with Gasteiger partial charge in [0.1, 0.15) is 5.69 Å². The van der Waals surface area contributed by atoms with Gasteiger partial charge in [-0.05, 0) is 37.1 Å². The molecule has 1 heterocycles. The Kier molecular flexibility index (Phi) is 6.14. The van der Waals surface area contributed by atoms with Gasteiger partial charge in [-0.3, -0.25) is 14.8 Å². The number of anilines is 2. The highest BCUT2D eigenvalue weighted by molar-refractivity contribution is 7.92. The monoisotopic (exact) mass is 463 g/mol. The zero-order valence-corrected chi connectivity index (χ0v) is 17.0. The van der Waals surface area contributed by atoms with Crippen molar-refractivity contribution < 1.29 is 26.5 Å². The first-order valence-electron chi connectivity index (χ1n) is 8.86. The van der Waals surface area contributed by atoms with Crippen LogP contribution in [0, 0.1) is 16.0 Å². The average molecular weight is 464 g/mol. The molecular formula is C18H17ClF3N3O4S.